The van der Waals surface area contributed by atoms with Gasteiger partial charge < -0.3 is 48.4 Å². The molecule has 16 nitrogen and oxygen atoms in total. The maximum absolute atomic E-state index is 12.4. The van der Waals surface area contributed by atoms with Crippen LogP contribution in [-0.2, 0) is 44.0 Å². The summed E-state index contributed by atoms with van der Waals surface area (Å²) < 4.78 is 71.6. The van der Waals surface area contributed by atoms with E-state index in [2.05, 4.69) is 60.6 Å². The molecular weight excluding hydrogens is 991 g/mol. The second kappa shape index (κ2) is 26.5. The predicted octanol–water partition coefficient (Wildman–Crippen LogP) is 9.64. The van der Waals surface area contributed by atoms with Crippen LogP contribution in [0.25, 0.3) is 16.9 Å². The van der Waals surface area contributed by atoms with Crippen molar-refractivity contribution >= 4 is 50.1 Å². The number of methoxy groups -OCH3 is 1. The first-order valence-corrected chi connectivity index (χ1v) is 27.1. The third kappa shape index (κ3) is 14.7. The number of hydrogen-bond acceptors (Lipinski definition) is 13. The summed E-state index contributed by atoms with van der Waals surface area (Å²) in [5, 5.41) is 19.6. The molecule has 0 aliphatic carbocycles. The second-order valence-corrected chi connectivity index (χ2v) is 21.0. The van der Waals surface area contributed by atoms with Gasteiger partial charge in [0.05, 0.1) is 75.3 Å². The van der Waals surface area contributed by atoms with Crippen molar-refractivity contribution in [3.8, 4) is 17.5 Å². The Bertz CT molecular complexity index is 2980. The number of carbonyl (C=O) groups excluding carboxylic acids is 1. The third-order valence-electron chi connectivity index (χ3n) is 13.4. The van der Waals surface area contributed by atoms with E-state index in [0.717, 1.165) is 56.4 Å². The second-order valence-electron chi connectivity index (χ2n) is 19.6. The van der Waals surface area contributed by atoms with Crippen LogP contribution in [0.15, 0.2) is 132 Å². The number of benzene rings is 3. The van der Waals surface area contributed by atoms with Gasteiger partial charge in [-0.2, -0.15) is 13.0 Å². The van der Waals surface area contributed by atoms with Crippen LogP contribution in [0.5, 0.6) is 17.5 Å². The molecule has 7 rings (SSSR count). The zero-order valence-corrected chi connectivity index (χ0v) is 45.2. The first-order valence-electron chi connectivity index (χ1n) is 25.7. The summed E-state index contributed by atoms with van der Waals surface area (Å²) in [5.74, 6) is 0.136. The smallest absolute Gasteiger partial charge is 0.333 e. The van der Waals surface area contributed by atoms with Gasteiger partial charge in [-0.05, 0) is 82.9 Å². The molecule has 3 aromatic carbocycles. The first-order chi connectivity index (χ1) is 36.5. The molecule has 0 fully saturated rings. The standard InChI is InChI=1S/C59H71N3O13S/c1-43-42-58(2,3)61(28-29-70-32-33-72-36-37-73-35-34-71-31-30-69-6)51-41-53-48(40-47(43)51)45(38-52(74-53)44-18-13-10-14-19-44)20-12-8-7-9-15-21-54-59(4,5)49-39-46(76(66,67)68)23-24-50(49)60(54)27-17-11-16-22-57(65)75-62-55(63)25-26-56(62)64/h7-10,12-15,18-21,23-26,38-42H,11,16-17,22,27-37H2,1-6H3,(H2-,63,64,66,67,68)/p+1. The highest BCUT2D eigenvalue weighted by Gasteiger charge is 2.45. The van der Waals surface area contributed by atoms with E-state index in [9.17, 15) is 28.0 Å². The molecule has 1 aromatic heterocycles. The molecule has 0 bridgehead atoms. The largest absolute Gasteiger partial charge is 0.492 e. The predicted molar refractivity (Wildman–Crippen MR) is 294 cm³/mol. The van der Waals surface area contributed by atoms with Crippen molar-refractivity contribution < 1.29 is 65.8 Å². The molecule has 3 N–H and O–H groups in total. The van der Waals surface area contributed by atoms with Crippen LogP contribution in [0.4, 0.5) is 11.4 Å². The van der Waals surface area contributed by atoms with Gasteiger partial charge >= 0.3 is 5.97 Å². The van der Waals surface area contributed by atoms with Crippen molar-refractivity contribution in [1.82, 2.24) is 4.73 Å². The SMILES string of the molecule is COCCOCCOCCOCCOCCN1c2cc3c(cc2C(C)=CC1(C)C)C(=CC=CC=CC=CC1=[N+](CCCCCC(=O)On2c(O)ccc2O)c2ccc(S(=O)(=O)O)cc2C1(C)C)C=C(c1ccccc1)O3. The van der Waals surface area contributed by atoms with Crippen molar-refractivity contribution in [2.45, 2.75) is 76.2 Å². The van der Waals surface area contributed by atoms with Gasteiger partial charge in [0, 0.05) is 84.8 Å². The lowest BCUT2D eigenvalue weighted by atomic mass is 9.81. The van der Waals surface area contributed by atoms with Gasteiger partial charge in [0.15, 0.2) is 5.71 Å². The molecule has 76 heavy (non-hydrogen) atoms. The number of fused-ring (bicyclic) bond motifs is 3. The Hall–Kier alpha value is -6.57. The van der Waals surface area contributed by atoms with E-state index in [0.29, 0.717) is 96.5 Å². The highest BCUT2D eigenvalue weighted by Crippen LogP contribution is 2.47. The normalized spacial score (nSPS) is 16.4. The molecule has 0 saturated heterocycles. The van der Waals surface area contributed by atoms with Gasteiger partial charge in [-0.1, -0.05) is 72.9 Å². The van der Waals surface area contributed by atoms with E-state index in [1.54, 1.807) is 13.2 Å². The number of ether oxygens (including phenoxy) is 6. The number of aromatic nitrogens is 1. The molecule has 0 unspecified atom stereocenters. The van der Waals surface area contributed by atoms with Crippen LogP contribution in [0.1, 0.15) is 82.6 Å². The van der Waals surface area contributed by atoms with Gasteiger partial charge in [-0.15, -0.1) is 4.73 Å². The Labute approximate surface area is 446 Å². The maximum Gasteiger partial charge on any atom is 0.333 e. The van der Waals surface area contributed by atoms with E-state index in [1.807, 2.05) is 80.6 Å². The number of allylic oxidation sites excluding steroid dienone is 10. The van der Waals surface area contributed by atoms with Crippen LogP contribution in [-0.4, -0.2) is 129 Å². The van der Waals surface area contributed by atoms with Gasteiger partial charge in [-0.3, -0.25) is 4.55 Å². The molecule has 0 spiro atoms. The summed E-state index contributed by atoms with van der Waals surface area (Å²) in [6.45, 7) is 16.4. The fourth-order valence-corrected chi connectivity index (χ4v) is 10.1. The summed E-state index contributed by atoms with van der Waals surface area (Å²) in [4.78, 5) is 19.7. The molecule has 3 aliphatic heterocycles. The molecule has 0 amide bonds. The fraction of sp³-hybridized carbons (Fsp3) is 0.390. The first kappa shape index (κ1) is 57.1. The minimum absolute atomic E-state index is 0.0735. The van der Waals surface area contributed by atoms with Crippen LogP contribution in [0, 0.1) is 0 Å². The van der Waals surface area contributed by atoms with Crippen LogP contribution >= 0.6 is 0 Å². The molecular formula is C59H72N3O13S+. The molecule has 0 saturated carbocycles. The van der Waals surface area contributed by atoms with Crippen molar-refractivity contribution in [3.05, 3.63) is 150 Å². The van der Waals surface area contributed by atoms with Gasteiger partial charge in [0.2, 0.25) is 17.4 Å². The number of hydrogen-bond donors (Lipinski definition) is 3. The highest BCUT2D eigenvalue weighted by molar-refractivity contribution is 7.85. The average molecular weight is 1060 g/mol. The lowest BCUT2D eigenvalue weighted by Crippen LogP contribution is -2.46. The van der Waals surface area contributed by atoms with E-state index < -0.39 is 21.5 Å². The molecule has 0 radical (unpaired) electrons. The molecule has 4 heterocycles. The summed E-state index contributed by atoms with van der Waals surface area (Å²) in [7, 11) is -2.79. The quantitative estimate of drug-likeness (QED) is 0.0211. The molecule has 17 heteroatoms. The van der Waals surface area contributed by atoms with E-state index >= 15 is 0 Å². The Morgan fingerprint density at radius 3 is 2.07 bits per heavy atom. The highest BCUT2D eigenvalue weighted by atomic mass is 32.2. The number of aromatic hydroxyl groups is 2. The lowest BCUT2D eigenvalue weighted by Gasteiger charge is -2.44. The summed E-state index contributed by atoms with van der Waals surface area (Å²) >= 11 is 0. The van der Waals surface area contributed by atoms with Crippen molar-refractivity contribution in [3.63, 3.8) is 0 Å². The lowest BCUT2D eigenvalue weighted by molar-refractivity contribution is -0.438. The third-order valence-corrected chi connectivity index (χ3v) is 14.2. The van der Waals surface area contributed by atoms with Crippen molar-refractivity contribution in [2.75, 3.05) is 84.6 Å². The summed E-state index contributed by atoms with van der Waals surface area (Å²) in [5.41, 5.74) is 7.93. The molecule has 0 atom stereocenters. The number of rotatable bonds is 28. The Balaban J connectivity index is 1.03. The minimum atomic E-state index is -4.44. The molecule has 406 valence electrons. The molecule has 4 aromatic rings. The van der Waals surface area contributed by atoms with E-state index in [1.165, 1.54) is 29.8 Å². The Morgan fingerprint density at radius 2 is 1.39 bits per heavy atom. The molecule has 3 aliphatic rings. The zero-order valence-electron chi connectivity index (χ0n) is 44.4. The topological polar surface area (TPSA) is 188 Å². The maximum atomic E-state index is 12.4. The number of anilines is 1. The monoisotopic (exact) mass is 1060 g/mol. The van der Waals surface area contributed by atoms with Crippen LogP contribution in [0.2, 0.25) is 0 Å². The Morgan fingerprint density at radius 1 is 0.750 bits per heavy atom. The Kier molecular flexibility index (Phi) is 19.9. The van der Waals surface area contributed by atoms with Gasteiger partial charge in [-0.25, -0.2) is 4.79 Å². The zero-order chi connectivity index (χ0) is 54.3. The van der Waals surface area contributed by atoms with Gasteiger partial charge in [0.1, 0.15) is 18.1 Å². The number of unbranched alkanes of at least 4 members (excludes halogenated alkanes) is 2. The van der Waals surface area contributed by atoms with E-state index in [4.69, 9.17) is 33.3 Å². The van der Waals surface area contributed by atoms with E-state index in [-0.39, 0.29) is 28.6 Å². The minimum Gasteiger partial charge on any atom is -0.492 e. The van der Waals surface area contributed by atoms with Gasteiger partial charge in [0.25, 0.3) is 10.1 Å². The summed E-state index contributed by atoms with van der Waals surface area (Å²) in [6, 6.07) is 21.5. The van der Waals surface area contributed by atoms with Crippen molar-refractivity contribution in [1.29, 1.82) is 0 Å². The number of nitrogens with zero attached hydrogens (tertiary/aromatic N) is 3. The van der Waals surface area contributed by atoms with Crippen molar-refractivity contribution in [2.24, 2.45) is 0 Å². The average Bonchev–Trinajstić information content (AvgIpc) is 3.81. The fourth-order valence-electron chi connectivity index (χ4n) is 9.55. The summed E-state index contributed by atoms with van der Waals surface area (Å²) in [6.07, 6.45) is 20.2. The van der Waals surface area contributed by atoms with Crippen LogP contribution in [0.3, 0.4) is 0 Å². The number of carbonyl (C=O) groups is 1. The van der Waals surface area contributed by atoms with Crippen LogP contribution < -0.4 is 14.5 Å².